The second kappa shape index (κ2) is 7.87. The van der Waals surface area contributed by atoms with Gasteiger partial charge in [-0.25, -0.2) is 0 Å². The third-order valence-corrected chi connectivity index (χ3v) is 4.68. The number of benzene rings is 1. The van der Waals surface area contributed by atoms with Crippen LogP contribution in [0.5, 0.6) is 0 Å². The molecule has 2 heterocycles. The van der Waals surface area contributed by atoms with E-state index in [0.29, 0.717) is 11.8 Å². The van der Waals surface area contributed by atoms with Crippen molar-refractivity contribution >= 4 is 0 Å². The summed E-state index contributed by atoms with van der Waals surface area (Å²) in [6, 6.07) is 21.1. The average Bonchev–Trinajstić information content (AvgIpc) is 2.67. The zero-order chi connectivity index (χ0) is 16.8. The second-order valence-electron chi connectivity index (χ2n) is 6.33. The molecule has 0 saturated carbocycles. The summed E-state index contributed by atoms with van der Waals surface area (Å²) in [4.78, 5) is 8.96. The largest absolute Gasteiger partial charge is 0.261 e. The predicted octanol–water partition coefficient (Wildman–Crippen LogP) is 5.83. The molecule has 0 N–H and O–H groups in total. The van der Waals surface area contributed by atoms with Crippen molar-refractivity contribution in [1.29, 1.82) is 0 Å². The van der Waals surface area contributed by atoms with E-state index in [9.17, 15) is 0 Å². The lowest BCUT2D eigenvalue weighted by atomic mass is 9.86. The van der Waals surface area contributed by atoms with E-state index >= 15 is 0 Å². The Kier molecular flexibility index (Phi) is 5.37. The molecular formula is C22H24N2. The molecule has 0 amide bonds. The van der Waals surface area contributed by atoms with E-state index in [1.807, 2.05) is 36.7 Å². The fourth-order valence-electron chi connectivity index (χ4n) is 3.19. The van der Waals surface area contributed by atoms with E-state index in [2.05, 4.69) is 60.2 Å². The molecule has 1 aromatic carbocycles. The Labute approximate surface area is 144 Å². The van der Waals surface area contributed by atoms with Crippen molar-refractivity contribution in [2.24, 2.45) is 0 Å². The van der Waals surface area contributed by atoms with Crippen molar-refractivity contribution < 1.29 is 0 Å². The first-order valence-electron chi connectivity index (χ1n) is 8.70. The summed E-state index contributed by atoms with van der Waals surface area (Å²) < 4.78 is 0. The van der Waals surface area contributed by atoms with E-state index in [0.717, 1.165) is 18.5 Å². The summed E-state index contributed by atoms with van der Waals surface area (Å²) in [6.07, 6.45) is 5.97. The lowest BCUT2D eigenvalue weighted by Gasteiger charge is -2.20. The standard InChI is InChI=1S/C22H24N2/c1-3-18(21-8-4-6-14-23-21)16-17(2)19-10-12-20(13-11-19)22-9-5-7-15-24-22/h4-15,17-18H,3,16H2,1-2H3. The molecular weight excluding hydrogens is 292 g/mol. The highest BCUT2D eigenvalue weighted by molar-refractivity contribution is 5.59. The molecule has 2 aromatic heterocycles. The molecule has 2 unspecified atom stereocenters. The Morgan fingerprint density at radius 1 is 0.833 bits per heavy atom. The normalized spacial score (nSPS) is 13.4. The maximum atomic E-state index is 4.54. The van der Waals surface area contributed by atoms with Crippen molar-refractivity contribution in [1.82, 2.24) is 9.97 Å². The molecule has 122 valence electrons. The molecule has 0 aliphatic rings. The van der Waals surface area contributed by atoms with E-state index in [4.69, 9.17) is 0 Å². The van der Waals surface area contributed by atoms with Gasteiger partial charge in [-0.1, -0.05) is 50.2 Å². The first kappa shape index (κ1) is 16.4. The summed E-state index contributed by atoms with van der Waals surface area (Å²) in [5.41, 5.74) is 4.78. The van der Waals surface area contributed by atoms with Crippen LogP contribution in [0.4, 0.5) is 0 Å². The monoisotopic (exact) mass is 316 g/mol. The fourth-order valence-corrected chi connectivity index (χ4v) is 3.19. The first-order valence-corrected chi connectivity index (χ1v) is 8.70. The van der Waals surface area contributed by atoms with Gasteiger partial charge >= 0.3 is 0 Å². The molecule has 0 spiro atoms. The zero-order valence-electron chi connectivity index (χ0n) is 14.4. The minimum absolute atomic E-state index is 0.509. The topological polar surface area (TPSA) is 25.8 Å². The Morgan fingerprint density at radius 2 is 1.54 bits per heavy atom. The smallest absolute Gasteiger partial charge is 0.0701 e. The van der Waals surface area contributed by atoms with E-state index in [1.165, 1.54) is 16.8 Å². The van der Waals surface area contributed by atoms with Gasteiger partial charge in [0, 0.05) is 29.6 Å². The van der Waals surface area contributed by atoms with Crippen molar-refractivity contribution in [3.05, 3.63) is 84.3 Å². The summed E-state index contributed by atoms with van der Waals surface area (Å²) >= 11 is 0. The summed E-state index contributed by atoms with van der Waals surface area (Å²) in [7, 11) is 0. The van der Waals surface area contributed by atoms with Gasteiger partial charge < -0.3 is 0 Å². The predicted molar refractivity (Wildman–Crippen MR) is 100.0 cm³/mol. The lowest BCUT2D eigenvalue weighted by molar-refractivity contribution is 0.534. The van der Waals surface area contributed by atoms with Gasteiger partial charge in [0.2, 0.25) is 0 Å². The van der Waals surface area contributed by atoms with Crippen LogP contribution in [-0.4, -0.2) is 9.97 Å². The van der Waals surface area contributed by atoms with Crippen LogP contribution in [0.1, 0.15) is 49.8 Å². The Morgan fingerprint density at radius 3 is 2.12 bits per heavy atom. The highest BCUT2D eigenvalue weighted by Gasteiger charge is 2.16. The lowest BCUT2D eigenvalue weighted by Crippen LogP contribution is -2.05. The van der Waals surface area contributed by atoms with Crippen LogP contribution in [0.3, 0.4) is 0 Å². The van der Waals surface area contributed by atoms with Crippen molar-refractivity contribution in [2.45, 2.75) is 38.5 Å². The van der Waals surface area contributed by atoms with Gasteiger partial charge in [0.05, 0.1) is 5.69 Å². The highest BCUT2D eigenvalue weighted by atomic mass is 14.7. The van der Waals surface area contributed by atoms with Crippen molar-refractivity contribution in [3.8, 4) is 11.3 Å². The van der Waals surface area contributed by atoms with Gasteiger partial charge in [-0.2, -0.15) is 0 Å². The number of hydrogen-bond acceptors (Lipinski definition) is 2. The average molecular weight is 316 g/mol. The van der Waals surface area contributed by atoms with Crippen molar-refractivity contribution in [2.75, 3.05) is 0 Å². The van der Waals surface area contributed by atoms with E-state index in [-0.39, 0.29) is 0 Å². The number of rotatable bonds is 6. The third-order valence-electron chi connectivity index (χ3n) is 4.68. The third kappa shape index (κ3) is 3.88. The SMILES string of the molecule is CCC(CC(C)c1ccc(-c2ccccn2)cc1)c1ccccn1. The molecule has 2 nitrogen and oxygen atoms in total. The van der Waals surface area contributed by atoms with Gasteiger partial charge in [0.15, 0.2) is 0 Å². The molecule has 3 aromatic rings. The summed E-state index contributed by atoms with van der Waals surface area (Å²) in [5.74, 6) is 1.02. The molecule has 24 heavy (non-hydrogen) atoms. The maximum Gasteiger partial charge on any atom is 0.0701 e. The maximum absolute atomic E-state index is 4.54. The minimum Gasteiger partial charge on any atom is -0.261 e. The number of hydrogen-bond donors (Lipinski definition) is 0. The van der Waals surface area contributed by atoms with Crippen LogP contribution < -0.4 is 0 Å². The number of nitrogens with zero attached hydrogens (tertiary/aromatic N) is 2. The first-order chi connectivity index (χ1) is 11.8. The van der Waals surface area contributed by atoms with Crippen LogP contribution in [0.2, 0.25) is 0 Å². The van der Waals surface area contributed by atoms with Crippen LogP contribution in [0.25, 0.3) is 11.3 Å². The highest BCUT2D eigenvalue weighted by Crippen LogP contribution is 2.31. The van der Waals surface area contributed by atoms with Crippen molar-refractivity contribution in [3.63, 3.8) is 0 Å². The Balaban J connectivity index is 1.72. The van der Waals surface area contributed by atoms with Gasteiger partial charge in [0.25, 0.3) is 0 Å². The quantitative estimate of drug-likeness (QED) is 0.571. The second-order valence-corrected chi connectivity index (χ2v) is 6.33. The molecule has 0 bridgehead atoms. The minimum atomic E-state index is 0.509. The summed E-state index contributed by atoms with van der Waals surface area (Å²) in [5, 5.41) is 0. The van der Waals surface area contributed by atoms with Crippen LogP contribution in [-0.2, 0) is 0 Å². The van der Waals surface area contributed by atoms with Crippen LogP contribution >= 0.6 is 0 Å². The Hall–Kier alpha value is -2.48. The van der Waals surface area contributed by atoms with Gasteiger partial charge in [-0.05, 0) is 48.6 Å². The molecule has 0 saturated heterocycles. The van der Waals surface area contributed by atoms with Crippen LogP contribution in [0, 0.1) is 0 Å². The molecule has 2 atom stereocenters. The van der Waals surface area contributed by atoms with Gasteiger partial charge in [-0.15, -0.1) is 0 Å². The van der Waals surface area contributed by atoms with Crippen LogP contribution in [0.15, 0.2) is 73.1 Å². The number of pyridine rings is 2. The molecule has 2 heteroatoms. The van der Waals surface area contributed by atoms with Gasteiger partial charge in [-0.3, -0.25) is 9.97 Å². The zero-order valence-corrected chi connectivity index (χ0v) is 14.4. The molecule has 0 aliphatic carbocycles. The Bertz CT molecular complexity index is 736. The number of aromatic nitrogens is 2. The van der Waals surface area contributed by atoms with Gasteiger partial charge in [0.1, 0.15) is 0 Å². The molecule has 0 aliphatic heterocycles. The molecule has 0 fully saturated rings. The van der Waals surface area contributed by atoms with E-state index in [1.54, 1.807) is 0 Å². The molecule has 0 radical (unpaired) electrons. The fraction of sp³-hybridized carbons (Fsp3) is 0.273. The van der Waals surface area contributed by atoms with E-state index < -0.39 is 0 Å². The summed E-state index contributed by atoms with van der Waals surface area (Å²) in [6.45, 7) is 4.55. The molecule has 3 rings (SSSR count).